The molecule has 1 unspecified atom stereocenters. The second-order valence-electron chi connectivity index (χ2n) is 11.2. The smallest absolute Gasteiger partial charge is 0.0499 e. The van der Waals surface area contributed by atoms with E-state index in [1.807, 2.05) is 11.3 Å². The van der Waals surface area contributed by atoms with Crippen molar-refractivity contribution in [2.75, 3.05) is 11.4 Å². The molecule has 1 nitrogen and oxygen atoms in total. The van der Waals surface area contributed by atoms with Gasteiger partial charge in [-0.05, 0) is 78.3 Å². The van der Waals surface area contributed by atoms with Crippen molar-refractivity contribution >= 4 is 62.7 Å². The monoisotopic (exact) mass is 623 g/mol. The van der Waals surface area contributed by atoms with Crippen molar-refractivity contribution in [2.24, 2.45) is 0 Å². The van der Waals surface area contributed by atoms with E-state index in [0.29, 0.717) is 0 Å². The van der Waals surface area contributed by atoms with E-state index in [1.165, 1.54) is 56.7 Å². The highest BCUT2D eigenvalue weighted by Gasteiger charge is 2.36. The number of hydrogen-bond donors (Lipinski definition) is 0. The minimum Gasteiger partial charge on any atom is -0.337 e. The molecule has 4 heteroatoms. The van der Waals surface area contributed by atoms with Crippen molar-refractivity contribution < 1.29 is 0 Å². The minimum atomic E-state index is -1.70. The highest BCUT2D eigenvalue weighted by molar-refractivity contribution is 8.95. The Morgan fingerprint density at radius 2 is 1.48 bits per heavy atom. The minimum absolute atomic E-state index is 0.869. The van der Waals surface area contributed by atoms with E-state index in [2.05, 4.69) is 167 Å². The van der Waals surface area contributed by atoms with E-state index in [9.17, 15) is 0 Å². The standard InChI is InChI=1S/C40H33NS3/c1-3-18-32(19-4-1)44(33-20-5-2-6-21-33,43-39-27-14-24-36-35-23-8-10-26-38(35)42-40(36)39)34-22-13-17-31(29-34)41-28-12-11-16-30-15-7-9-25-37(30)41/h1-5,7-15,17-20,22-27,29H,6,16,21,28H2. The maximum Gasteiger partial charge on any atom is 0.0499 e. The van der Waals surface area contributed by atoms with Gasteiger partial charge in [0.05, 0.1) is 0 Å². The Morgan fingerprint density at radius 1 is 0.682 bits per heavy atom. The number of fused-ring (bicyclic) bond motifs is 4. The average Bonchev–Trinajstić information content (AvgIpc) is 3.34. The van der Waals surface area contributed by atoms with Crippen LogP contribution in [0.5, 0.6) is 0 Å². The van der Waals surface area contributed by atoms with Gasteiger partial charge in [0, 0.05) is 52.8 Å². The molecule has 0 radical (unpaired) electrons. The molecular formula is C40H33NS3. The molecule has 1 aromatic heterocycles. The van der Waals surface area contributed by atoms with Crippen LogP contribution < -0.4 is 4.90 Å². The number of thiophene rings is 1. The molecular weight excluding hydrogens is 591 g/mol. The molecule has 0 saturated carbocycles. The van der Waals surface area contributed by atoms with Crippen molar-refractivity contribution in [3.8, 4) is 0 Å². The molecule has 0 bridgehead atoms. The Bertz CT molecular complexity index is 2070. The van der Waals surface area contributed by atoms with Crippen LogP contribution in [0.3, 0.4) is 0 Å². The van der Waals surface area contributed by atoms with E-state index in [0.717, 1.165) is 25.8 Å². The molecule has 1 aliphatic carbocycles. The van der Waals surface area contributed by atoms with Crippen molar-refractivity contribution in [3.63, 3.8) is 0 Å². The third kappa shape index (κ3) is 4.82. The van der Waals surface area contributed by atoms with Crippen LogP contribution >= 0.6 is 31.2 Å². The van der Waals surface area contributed by atoms with E-state index in [4.69, 9.17) is 0 Å². The molecule has 2 heterocycles. The van der Waals surface area contributed by atoms with Gasteiger partial charge in [-0.1, -0.05) is 114 Å². The van der Waals surface area contributed by atoms with Crippen LogP contribution in [-0.4, -0.2) is 6.54 Å². The number of nitrogens with zero attached hydrogens (tertiary/aromatic N) is 1. The summed E-state index contributed by atoms with van der Waals surface area (Å²) in [6, 6.07) is 45.4. The van der Waals surface area contributed by atoms with Crippen molar-refractivity contribution in [3.05, 3.63) is 162 Å². The second kappa shape index (κ2) is 11.9. The van der Waals surface area contributed by atoms with Crippen molar-refractivity contribution in [2.45, 2.75) is 33.9 Å². The molecule has 0 fully saturated rings. The summed E-state index contributed by atoms with van der Waals surface area (Å²) in [5.41, 5.74) is 3.93. The Kier molecular flexibility index (Phi) is 7.43. The molecule has 0 N–H and O–H groups in total. The summed E-state index contributed by atoms with van der Waals surface area (Å²) in [5.74, 6) is 0. The van der Waals surface area contributed by atoms with E-state index in [-0.39, 0.29) is 0 Å². The summed E-state index contributed by atoms with van der Waals surface area (Å²) in [5, 5.41) is 2.71. The molecule has 0 spiro atoms. The van der Waals surface area contributed by atoms with Gasteiger partial charge in [0.25, 0.3) is 0 Å². The van der Waals surface area contributed by atoms with Gasteiger partial charge in [0.15, 0.2) is 0 Å². The maximum atomic E-state index is 2.50. The van der Waals surface area contributed by atoms with Gasteiger partial charge < -0.3 is 4.90 Å². The zero-order valence-corrected chi connectivity index (χ0v) is 26.9. The van der Waals surface area contributed by atoms with E-state index >= 15 is 0 Å². The quantitative estimate of drug-likeness (QED) is 0.134. The number of rotatable bonds is 6. The first-order chi connectivity index (χ1) is 21.8. The lowest BCUT2D eigenvalue weighted by Gasteiger charge is -2.43. The maximum absolute atomic E-state index is 2.50. The number of hydrogen-bond acceptors (Lipinski definition) is 3. The fraction of sp³-hybridized carbons (Fsp3) is 0.100. The van der Waals surface area contributed by atoms with Gasteiger partial charge in [0.1, 0.15) is 0 Å². The summed E-state index contributed by atoms with van der Waals surface area (Å²) in [4.78, 5) is 8.19. The highest BCUT2D eigenvalue weighted by atomic mass is 33.2. The summed E-state index contributed by atoms with van der Waals surface area (Å²) < 4.78 is 2.74. The van der Waals surface area contributed by atoms with Crippen molar-refractivity contribution in [1.82, 2.24) is 0 Å². The number of anilines is 2. The zero-order chi connectivity index (χ0) is 29.3. The summed E-state index contributed by atoms with van der Waals surface area (Å²) >= 11 is 1.93. The lowest BCUT2D eigenvalue weighted by molar-refractivity contribution is 1.01. The van der Waals surface area contributed by atoms with Crippen LogP contribution in [0.25, 0.3) is 20.2 Å². The zero-order valence-electron chi connectivity index (χ0n) is 24.4. The van der Waals surface area contributed by atoms with Gasteiger partial charge in [0.2, 0.25) is 0 Å². The van der Waals surface area contributed by atoms with Gasteiger partial charge in [-0.25, -0.2) is 0 Å². The molecule has 44 heavy (non-hydrogen) atoms. The second-order valence-corrected chi connectivity index (χ2v) is 17.4. The lowest BCUT2D eigenvalue weighted by Crippen LogP contribution is -2.17. The first kappa shape index (κ1) is 27.6. The average molecular weight is 624 g/mol. The molecule has 2 aliphatic rings. The fourth-order valence-corrected chi connectivity index (χ4v) is 14.7. The van der Waals surface area contributed by atoms with Gasteiger partial charge in [-0.2, -0.15) is 0 Å². The van der Waals surface area contributed by atoms with Crippen molar-refractivity contribution in [1.29, 1.82) is 0 Å². The van der Waals surface area contributed by atoms with Gasteiger partial charge in [-0.15, -0.1) is 20.4 Å². The largest absolute Gasteiger partial charge is 0.337 e. The molecule has 6 aromatic rings. The number of benzene rings is 5. The van der Waals surface area contributed by atoms with Crippen LogP contribution in [0.4, 0.5) is 11.4 Å². The Hall–Kier alpha value is -3.96. The third-order valence-electron chi connectivity index (χ3n) is 8.54. The molecule has 8 rings (SSSR count). The van der Waals surface area contributed by atoms with Gasteiger partial charge in [-0.3, -0.25) is 0 Å². The summed E-state index contributed by atoms with van der Waals surface area (Å²) in [6.45, 7) is 0.869. The molecule has 5 aromatic carbocycles. The number of allylic oxidation sites excluding steroid dienone is 5. The third-order valence-corrected chi connectivity index (χ3v) is 16.7. The fourth-order valence-electron chi connectivity index (χ4n) is 6.45. The van der Waals surface area contributed by atoms with Crippen LogP contribution in [0, 0.1) is 0 Å². The summed E-state index contributed by atoms with van der Waals surface area (Å²) in [6.07, 6.45) is 14.7. The Labute approximate surface area is 269 Å². The molecule has 216 valence electrons. The normalized spacial score (nSPS) is 16.7. The highest BCUT2D eigenvalue weighted by Crippen LogP contribution is 2.80. The Balaban J connectivity index is 1.36. The van der Waals surface area contributed by atoms with Crippen LogP contribution in [0.2, 0.25) is 0 Å². The molecule has 0 saturated heterocycles. The molecule has 1 aliphatic heterocycles. The lowest BCUT2D eigenvalue weighted by atomic mass is 10.1. The number of para-hydroxylation sites is 1. The summed E-state index contributed by atoms with van der Waals surface area (Å²) in [7, 11) is 0.401. The predicted molar refractivity (Wildman–Crippen MR) is 195 cm³/mol. The van der Waals surface area contributed by atoms with Crippen LogP contribution in [0.15, 0.2) is 171 Å². The topological polar surface area (TPSA) is 3.24 Å². The van der Waals surface area contributed by atoms with Gasteiger partial charge >= 0.3 is 0 Å². The molecule has 0 amide bonds. The Morgan fingerprint density at radius 3 is 2.39 bits per heavy atom. The van der Waals surface area contributed by atoms with Crippen LogP contribution in [0.1, 0.15) is 18.4 Å². The first-order valence-corrected chi connectivity index (χ1v) is 19.0. The first-order valence-electron chi connectivity index (χ1n) is 15.3. The molecule has 1 atom stereocenters. The van der Waals surface area contributed by atoms with Crippen LogP contribution in [-0.2, 0) is 6.42 Å². The predicted octanol–water partition coefficient (Wildman–Crippen LogP) is 12.5. The van der Waals surface area contributed by atoms with E-state index in [1.54, 1.807) is 0 Å². The van der Waals surface area contributed by atoms with E-state index < -0.39 is 9.06 Å². The SMILES string of the molecule is C1=CCCC(S(Sc2cccc3c2sc2ccccc23)(c2ccccc2)c2cccc(N3CC=CCc4ccccc43)c2)=C1.